The molecule has 6 heteroatoms. The van der Waals surface area contributed by atoms with Gasteiger partial charge in [-0.2, -0.15) is 0 Å². The van der Waals surface area contributed by atoms with Gasteiger partial charge in [0.05, 0.1) is 23.8 Å². The highest BCUT2D eigenvalue weighted by molar-refractivity contribution is 5.80. The van der Waals surface area contributed by atoms with E-state index in [0.29, 0.717) is 0 Å². The van der Waals surface area contributed by atoms with Gasteiger partial charge in [0, 0.05) is 6.54 Å². The van der Waals surface area contributed by atoms with Gasteiger partial charge in [-0.1, -0.05) is 12.1 Å². The molecule has 1 aromatic heterocycles. The molecule has 0 aliphatic rings. The fourth-order valence-corrected chi connectivity index (χ4v) is 1.66. The van der Waals surface area contributed by atoms with E-state index >= 15 is 0 Å². The van der Waals surface area contributed by atoms with Crippen molar-refractivity contribution in [3.63, 3.8) is 0 Å². The molecule has 0 radical (unpaired) electrons. The third kappa shape index (κ3) is 2.85. The molecule has 1 aromatic carbocycles. The first-order chi connectivity index (χ1) is 8.66. The lowest BCUT2D eigenvalue weighted by Crippen LogP contribution is -2.29. The van der Waals surface area contributed by atoms with Gasteiger partial charge in [0.2, 0.25) is 5.91 Å². The van der Waals surface area contributed by atoms with Gasteiger partial charge in [0.1, 0.15) is 6.54 Å². The van der Waals surface area contributed by atoms with Crippen molar-refractivity contribution in [3.05, 3.63) is 30.6 Å². The van der Waals surface area contributed by atoms with Crippen molar-refractivity contribution in [2.24, 2.45) is 0 Å². The lowest BCUT2D eigenvalue weighted by Gasteiger charge is -2.05. The predicted molar refractivity (Wildman–Crippen MR) is 65.0 cm³/mol. The van der Waals surface area contributed by atoms with Crippen molar-refractivity contribution in [1.82, 2.24) is 14.9 Å². The van der Waals surface area contributed by atoms with E-state index in [1.807, 2.05) is 24.3 Å². The van der Waals surface area contributed by atoms with Gasteiger partial charge in [0.15, 0.2) is 0 Å². The number of para-hydroxylation sites is 2. The van der Waals surface area contributed by atoms with Gasteiger partial charge in [-0.25, -0.2) is 4.98 Å². The number of imidazole rings is 1. The first-order valence-electron chi connectivity index (χ1n) is 5.55. The number of amides is 1. The number of carboxylic acids is 1. The first kappa shape index (κ1) is 12.1. The van der Waals surface area contributed by atoms with Gasteiger partial charge in [-0.05, 0) is 12.1 Å². The average Bonchev–Trinajstić information content (AvgIpc) is 2.72. The van der Waals surface area contributed by atoms with E-state index in [-0.39, 0.29) is 25.4 Å². The van der Waals surface area contributed by atoms with Crippen LogP contribution in [0.15, 0.2) is 30.6 Å². The third-order valence-electron chi connectivity index (χ3n) is 2.50. The predicted octanol–water partition coefficient (Wildman–Crippen LogP) is 0.627. The number of hydrogen-bond acceptors (Lipinski definition) is 3. The Bertz CT molecular complexity index is 577. The van der Waals surface area contributed by atoms with Crippen LogP contribution in [0.5, 0.6) is 0 Å². The van der Waals surface area contributed by atoms with Crippen LogP contribution in [0, 0.1) is 0 Å². The second-order valence-electron chi connectivity index (χ2n) is 3.85. The molecule has 94 valence electrons. The van der Waals surface area contributed by atoms with E-state index in [1.54, 1.807) is 10.9 Å². The number of benzene rings is 1. The second-order valence-corrected chi connectivity index (χ2v) is 3.85. The SMILES string of the molecule is O=C(O)CCNC(=O)Cn1cnc2ccccc21. The summed E-state index contributed by atoms with van der Waals surface area (Å²) in [6.45, 7) is 0.279. The minimum Gasteiger partial charge on any atom is -0.481 e. The maximum Gasteiger partial charge on any atom is 0.305 e. The van der Waals surface area contributed by atoms with Crippen molar-refractivity contribution in [2.75, 3.05) is 6.54 Å². The quantitative estimate of drug-likeness (QED) is 0.811. The molecule has 1 amide bonds. The molecule has 0 saturated carbocycles. The van der Waals surface area contributed by atoms with E-state index in [4.69, 9.17) is 5.11 Å². The minimum atomic E-state index is -0.927. The van der Waals surface area contributed by atoms with Crippen LogP contribution in [0.25, 0.3) is 11.0 Å². The molecule has 0 spiro atoms. The second kappa shape index (κ2) is 5.31. The Morgan fingerprint density at radius 2 is 2.11 bits per heavy atom. The van der Waals surface area contributed by atoms with Gasteiger partial charge in [0.25, 0.3) is 0 Å². The number of nitrogens with zero attached hydrogens (tertiary/aromatic N) is 2. The molecule has 0 aliphatic heterocycles. The number of carbonyl (C=O) groups is 2. The van der Waals surface area contributed by atoms with Crippen LogP contribution in [0.1, 0.15) is 6.42 Å². The fourth-order valence-electron chi connectivity index (χ4n) is 1.66. The van der Waals surface area contributed by atoms with E-state index in [2.05, 4.69) is 10.3 Å². The minimum absolute atomic E-state index is 0.0730. The van der Waals surface area contributed by atoms with Gasteiger partial charge in [-0.3, -0.25) is 9.59 Å². The average molecular weight is 247 g/mol. The van der Waals surface area contributed by atoms with Crippen molar-refractivity contribution in [2.45, 2.75) is 13.0 Å². The van der Waals surface area contributed by atoms with Crippen LogP contribution in [0.3, 0.4) is 0 Å². The topological polar surface area (TPSA) is 84.2 Å². The molecule has 0 fully saturated rings. The Morgan fingerprint density at radius 3 is 2.89 bits per heavy atom. The van der Waals surface area contributed by atoms with E-state index < -0.39 is 5.97 Å². The molecule has 2 N–H and O–H groups in total. The summed E-state index contributed by atoms with van der Waals surface area (Å²) < 4.78 is 1.73. The van der Waals surface area contributed by atoms with Crippen LogP contribution < -0.4 is 5.32 Å². The summed E-state index contributed by atoms with van der Waals surface area (Å²) in [6, 6.07) is 7.51. The zero-order valence-electron chi connectivity index (χ0n) is 9.67. The number of fused-ring (bicyclic) bond motifs is 1. The third-order valence-corrected chi connectivity index (χ3v) is 2.50. The smallest absolute Gasteiger partial charge is 0.305 e. The van der Waals surface area contributed by atoms with Crippen LogP contribution >= 0.6 is 0 Å². The van der Waals surface area contributed by atoms with E-state index in [1.165, 1.54) is 0 Å². The van der Waals surface area contributed by atoms with Crippen LogP contribution in [0.2, 0.25) is 0 Å². The Hall–Kier alpha value is -2.37. The van der Waals surface area contributed by atoms with Crippen molar-refractivity contribution in [1.29, 1.82) is 0 Å². The Morgan fingerprint density at radius 1 is 1.33 bits per heavy atom. The van der Waals surface area contributed by atoms with Gasteiger partial charge in [-0.15, -0.1) is 0 Å². The number of aliphatic carboxylic acids is 1. The lowest BCUT2D eigenvalue weighted by atomic mass is 10.3. The molecule has 0 atom stereocenters. The maximum absolute atomic E-state index is 11.6. The fraction of sp³-hybridized carbons (Fsp3) is 0.250. The van der Waals surface area contributed by atoms with Crippen molar-refractivity contribution >= 4 is 22.9 Å². The highest BCUT2D eigenvalue weighted by atomic mass is 16.4. The van der Waals surface area contributed by atoms with Crippen LogP contribution in [0.4, 0.5) is 0 Å². The molecular weight excluding hydrogens is 234 g/mol. The molecule has 6 nitrogen and oxygen atoms in total. The summed E-state index contributed by atoms with van der Waals surface area (Å²) in [5.41, 5.74) is 1.71. The summed E-state index contributed by atoms with van der Waals surface area (Å²) in [7, 11) is 0. The number of carbonyl (C=O) groups excluding carboxylic acids is 1. The molecule has 2 rings (SSSR count). The molecule has 0 unspecified atom stereocenters. The normalized spacial score (nSPS) is 10.4. The summed E-state index contributed by atoms with van der Waals surface area (Å²) in [5.74, 6) is -1.15. The Labute approximate surface area is 103 Å². The van der Waals surface area contributed by atoms with Crippen molar-refractivity contribution < 1.29 is 14.7 Å². The Balaban J connectivity index is 1.97. The first-order valence-corrected chi connectivity index (χ1v) is 5.55. The molecular formula is C12H13N3O3. The zero-order chi connectivity index (χ0) is 13.0. The molecule has 0 saturated heterocycles. The number of hydrogen-bond donors (Lipinski definition) is 2. The maximum atomic E-state index is 11.6. The Kier molecular flexibility index (Phi) is 3.57. The molecule has 0 aliphatic carbocycles. The largest absolute Gasteiger partial charge is 0.481 e. The van der Waals surface area contributed by atoms with Crippen molar-refractivity contribution in [3.8, 4) is 0 Å². The summed E-state index contributed by atoms with van der Waals surface area (Å²) in [6.07, 6.45) is 1.53. The zero-order valence-corrected chi connectivity index (χ0v) is 9.67. The van der Waals surface area contributed by atoms with Crippen LogP contribution in [-0.2, 0) is 16.1 Å². The monoisotopic (exact) mass is 247 g/mol. The lowest BCUT2D eigenvalue weighted by molar-refractivity contribution is -0.136. The summed E-state index contributed by atoms with van der Waals surface area (Å²) in [5, 5.41) is 11.0. The van der Waals surface area contributed by atoms with E-state index in [0.717, 1.165) is 11.0 Å². The molecule has 18 heavy (non-hydrogen) atoms. The van der Waals surface area contributed by atoms with Crippen LogP contribution in [-0.4, -0.2) is 33.1 Å². The summed E-state index contributed by atoms with van der Waals surface area (Å²) >= 11 is 0. The molecule has 0 bridgehead atoms. The highest BCUT2D eigenvalue weighted by Crippen LogP contribution is 2.11. The van der Waals surface area contributed by atoms with Gasteiger partial charge < -0.3 is 15.0 Å². The molecule has 1 heterocycles. The highest BCUT2D eigenvalue weighted by Gasteiger charge is 2.06. The van der Waals surface area contributed by atoms with E-state index in [9.17, 15) is 9.59 Å². The number of rotatable bonds is 5. The summed E-state index contributed by atoms with van der Waals surface area (Å²) in [4.78, 5) is 26.1. The molecule has 2 aromatic rings. The number of nitrogens with one attached hydrogen (secondary N) is 1. The van der Waals surface area contributed by atoms with Gasteiger partial charge >= 0.3 is 5.97 Å². The number of carboxylic acid groups (broad SMARTS) is 1. The standard InChI is InChI=1S/C12H13N3O3/c16-11(13-6-5-12(17)18)7-15-8-14-9-3-1-2-4-10(9)15/h1-4,8H,5-7H2,(H,13,16)(H,17,18). The number of aromatic nitrogens is 2.